The van der Waals surface area contributed by atoms with Gasteiger partial charge in [0, 0.05) is 11.3 Å². The summed E-state index contributed by atoms with van der Waals surface area (Å²) in [5, 5.41) is 2.92. The summed E-state index contributed by atoms with van der Waals surface area (Å²) in [7, 11) is -3.76. The van der Waals surface area contributed by atoms with E-state index in [4.69, 9.17) is 16.3 Å². The van der Waals surface area contributed by atoms with E-state index in [0.29, 0.717) is 22.5 Å². The van der Waals surface area contributed by atoms with Crippen LogP contribution in [-0.2, 0) is 14.8 Å². The standard InChI is InChI=1S/C24H23ClN2O5S/c1-4-32-24(29)20-14-18(8-11-21(20)25)26-23(28)17-7-12-22(16(3)13-17)27-33(30,31)19-9-5-15(2)6-10-19/h5-14,27H,4H2,1-3H3,(H,26,28). The van der Waals surface area contributed by atoms with Gasteiger partial charge in [0.25, 0.3) is 15.9 Å². The molecule has 0 bridgehead atoms. The molecule has 0 fully saturated rings. The number of halogens is 1. The van der Waals surface area contributed by atoms with Crippen molar-refractivity contribution in [2.45, 2.75) is 25.7 Å². The minimum Gasteiger partial charge on any atom is -0.462 e. The van der Waals surface area contributed by atoms with Crippen molar-refractivity contribution >= 4 is 44.9 Å². The molecule has 0 atom stereocenters. The molecule has 0 aromatic heterocycles. The fraction of sp³-hybridized carbons (Fsp3) is 0.167. The first-order valence-electron chi connectivity index (χ1n) is 10.1. The van der Waals surface area contributed by atoms with Crippen LogP contribution in [0.2, 0.25) is 5.02 Å². The van der Waals surface area contributed by atoms with Gasteiger partial charge in [-0.2, -0.15) is 0 Å². The molecule has 33 heavy (non-hydrogen) atoms. The second kappa shape index (κ2) is 10.1. The number of nitrogens with one attached hydrogen (secondary N) is 2. The predicted molar refractivity (Wildman–Crippen MR) is 129 cm³/mol. The normalized spacial score (nSPS) is 11.0. The number of carbonyl (C=O) groups is 2. The minimum absolute atomic E-state index is 0.147. The molecular weight excluding hydrogens is 464 g/mol. The summed E-state index contributed by atoms with van der Waals surface area (Å²) in [6.45, 7) is 5.46. The second-order valence-corrected chi connectivity index (χ2v) is 9.41. The van der Waals surface area contributed by atoms with E-state index in [1.54, 1.807) is 38.1 Å². The van der Waals surface area contributed by atoms with Gasteiger partial charge in [0.2, 0.25) is 0 Å². The number of hydrogen-bond donors (Lipinski definition) is 2. The Bertz CT molecular complexity index is 1300. The number of hydrogen-bond acceptors (Lipinski definition) is 5. The molecule has 3 aromatic carbocycles. The molecule has 2 N–H and O–H groups in total. The Labute approximate surface area is 197 Å². The molecule has 0 radical (unpaired) electrons. The lowest BCUT2D eigenvalue weighted by Gasteiger charge is -2.13. The third-order valence-corrected chi connectivity index (χ3v) is 6.49. The van der Waals surface area contributed by atoms with Crippen LogP contribution >= 0.6 is 11.6 Å². The summed E-state index contributed by atoms with van der Waals surface area (Å²) in [5.74, 6) is -1.01. The Balaban J connectivity index is 1.77. The van der Waals surface area contributed by atoms with Crippen LogP contribution in [0.15, 0.2) is 65.6 Å². The van der Waals surface area contributed by atoms with Gasteiger partial charge in [0.1, 0.15) is 0 Å². The van der Waals surface area contributed by atoms with E-state index >= 15 is 0 Å². The molecule has 0 unspecified atom stereocenters. The maximum Gasteiger partial charge on any atom is 0.339 e. The maximum absolute atomic E-state index is 12.7. The number of rotatable bonds is 7. The number of anilines is 2. The summed E-state index contributed by atoms with van der Waals surface area (Å²) in [4.78, 5) is 24.9. The Morgan fingerprint density at radius 3 is 2.30 bits per heavy atom. The Morgan fingerprint density at radius 1 is 0.970 bits per heavy atom. The first-order valence-corrected chi connectivity index (χ1v) is 11.9. The van der Waals surface area contributed by atoms with Gasteiger partial charge in [-0.25, -0.2) is 13.2 Å². The molecule has 9 heteroatoms. The van der Waals surface area contributed by atoms with Crippen LogP contribution in [0.25, 0.3) is 0 Å². The molecule has 0 aliphatic rings. The summed E-state index contributed by atoms with van der Waals surface area (Å²) in [5.41, 5.74) is 2.72. The van der Waals surface area contributed by atoms with Crippen molar-refractivity contribution in [3.63, 3.8) is 0 Å². The van der Waals surface area contributed by atoms with Crippen molar-refractivity contribution in [3.8, 4) is 0 Å². The van der Waals surface area contributed by atoms with Crippen LogP contribution in [-0.4, -0.2) is 26.9 Å². The van der Waals surface area contributed by atoms with Crippen LogP contribution in [0.5, 0.6) is 0 Å². The van der Waals surface area contributed by atoms with Gasteiger partial charge in [0.05, 0.1) is 27.8 Å². The SMILES string of the molecule is CCOC(=O)c1cc(NC(=O)c2ccc(NS(=O)(=O)c3ccc(C)cc3)c(C)c2)ccc1Cl. The molecule has 3 aromatic rings. The van der Waals surface area contributed by atoms with Gasteiger partial charge in [-0.1, -0.05) is 29.3 Å². The first kappa shape index (κ1) is 24.3. The van der Waals surface area contributed by atoms with E-state index in [9.17, 15) is 18.0 Å². The van der Waals surface area contributed by atoms with Crippen molar-refractivity contribution in [2.24, 2.45) is 0 Å². The average molecular weight is 487 g/mol. The van der Waals surface area contributed by atoms with E-state index in [1.165, 1.54) is 36.4 Å². The molecule has 7 nitrogen and oxygen atoms in total. The molecule has 1 amide bonds. The molecule has 0 spiro atoms. The molecule has 0 saturated carbocycles. The van der Waals surface area contributed by atoms with Gasteiger partial charge in [-0.15, -0.1) is 0 Å². The molecule has 172 valence electrons. The highest BCUT2D eigenvalue weighted by atomic mass is 35.5. The zero-order valence-electron chi connectivity index (χ0n) is 18.3. The zero-order valence-corrected chi connectivity index (χ0v) is 19.9. The second-order valence-electron chi connectivity index (χ2n) is 7.32. The molecule has 0 saturated heterocycles. The fourth-order valence-corrected chi connectivity index (χ4v) is 4.34. The monoisotopic (exact) mass is 486 g/mol. The van der Waals surface area contributed by atoms with Gasteiger partial charge < -0.3 is 10.1 Å². The van der Waals surface area contributed by atoms with Gasteiger partial charge >= 0.3 is 5.97 Å². The number of carbonyl (C=O) groups excluding carboxylic acids is 2. The molecule has 3 rings (SSSR count). The third kappa shape index (κ3) is 5.91. The van der Waals surface area contributed by atoms with Crippen molar-refractivity contribution in [3.05, 3.63) is 87.9 Å². The topological polar surface area (TPSA) is 102 Å². The van der Waals surface area contributed by atoms with Crippen LogP contribution < -0.4 is 10.0 Å². The van der Waals surface area contributed by atoms with Crippen molar-refractivity contribution in [2.75, 3.05) is 16.6 Å². The van der Waals surface area contributed by atoms with E-state index in [0.717, 1.165) is 5.56 Å². The van der Waals surface area contributed by atoms with Crippen molar-refractivity contribution in [1.82, 2.24) is 0 Å². The third-order valence-electron chi connectivity index (χ3n) is 4.78. The van der Waals surface area contributed by atoms with Crippen LogP contribution in [0.4, 0.5) is 11.4 Å². The van der Waals surface area contributed by atoms with E-state index in [1.807, 2.05) is 6.92 Å². The summed E-state index contributed by atoms with van der Waals surface area (Å²) < 4.78 is 32.8. The van der Waals surface area contributed by atoms with E-state index in [-0.39, 0.29) is 22.1 Å². The van der Waals surface area contributed by atoms with Crippen LogP contribution in [0.3, 0.4) is 0 Å². The molecule has 0 aliphatic heterocycles. The number of sulfonamides is 1. The Morgan fingerprint density at radius 2 is 1.67 bits per heavy atom. The van der Waals surface area contributed by atoms with E-state index in [2.05, 4.69) is 10.0 Å². The number of benzene rings is 3. The van der Waals surface area contributed by atoms with Crippen molar-refractivity contribution in [1.29, 1.82) is 0 Å². The highest BCUT2D eigenvalue weighted by Gasteiger charge is 2.17. The lowest BCUT2D eigenvalue weighted by Crippen LogP contribution is -2.15. The predicted octanol–water partition coefficient (Wildman–Crippen LogP) is 5.19. The van der Waals surface area contributed by atoms with Gasteiger partial charge in [-0.3, -0.25) is 9.52 Å². The Hall–Kier alpha value is -3.36. The highest BCUT2D eigenvalue weighted by molar-refractivity contribution is 7.92. The molecule has 0 heterocycles. The van der Waals surface area contributed by atoms with Gasteiger partial charge in [-0.05, 0) is 74.9 Å². The Kier molecular flexibility index (Phi) is 7.40. The number of esters is 1. The number of aryl methyl sites for hydroxylation is 2. The van der Waals surface area contributed by atoms with Crippen LogP contribution in [0, 0.1) is 13.8 Å². The van der Waals surface area contributed by atoms with Crippen LogP contribution in [0.1, 0.15) is 38.8 Å². The van der Waals surface area contributed by atoms with Crippen molar-refractivity contribution < 1.29 is 22.7 Å². The smallest absolute Gasteiger partial charge is 0.339 e. The quantitative estimate of drug-likeness (QED) is 0.448. The number of ether oxygens (including phenoxy) is 1. The summed E-state index contributed by atoms with van der Waals surface area (Å²) in [6, 6.07) is 15.6. The lowest BCUT2D eigenvalue weighted by molar-refractivity contribution is 0.0526. The summed E-state index contributed by atoms with van der Waals surface area (Å²) >= 11 is 6.05. The maximum atomic E-state index is 12.7. The van der Waals surface area contributed by atoms with Gasteiger partial charge in [0.15, 0.2) is 0 Å². The van der Waals surface area contributed by atoms with E-state index < -0.39 is 21.9 Å². The first-order chi connectivity index (χ1) is 15.6. The fourth-order valence-electron chi connectivity index (χ4n) is 3.01. The molecular formula is C24H23ClN2O5S. The molecule has 0 aliphatic carbocycles. The highest BCUT2D eigenvalue weighted by Crippen LogP contribution is 2.24. The number of amides is 1. The minimum atomic E-state index is -3.76. The lowest BCUT2D eigenvalue weighted by atomic mass is 10.1. The summed E-state index contributed by atoms with van der Waals surface area (Å²) in [6.07, 6.45) is 0. The largest absolute Gasteiger partial charge is 0.462 e. The average Bonchev–Trinajstić information content (AvgIpc) is 2.76. The zero-order chi connectivity index (χ0) is 24.2.